The maximum atomic E-state index is 12.8. The number of aryl methyl sites for hydroxylation is 1. The summed E-state index contributed by atoms with van der Waals surface area (Å²) in [7, 11) is 0. The molecule has 4 rings (SSSR count). The van der Waals surface area contributed by atoms with Gasteiger partial charge in [-0.1, -0.05) is 47.7 Å². The number of thioether (sulfide) groups is 1. The standard InChI is InChI=1S/C26H28N4O2S2/c1-4-30(5-2)21-14-12-20(13-15-21)25-28-29-26(32-25)34-17-23(31)27-24(22-7-6-16-33-22)19-10-8-18(3)9-11-19/h6-16,24H,4-5,17H2,1-3H3,(H,27,31)/t24-/m0/s1. The molecule has 2 aromatic carbocycles. The summed E-state index contributed by atoms with van der Waals surface area (Å²) in [6.45, 7) is 8.24. The molecule has 2 heterocycles. The number of benzene rings is 2. The van der Waals surface area contributed by atoms with Gasteiger partial charge in [0.15, 0.2) is 0 Å². The lowest BCUT2D eigenvalue weighted by molar-refractivity contribution is -0.119. The van der Waals surface area contributed by atoms with Crippen molar-refractivity contribution in [3.05, 3.63) is 82.0 Å². The molecule has 0 unspecified atom stereocenters. The molecule has 1 amide bonds. The second-order valence-corrected chi connectivity index (χ2v) is 9.71. The van der Waals surface area contributed by atoms with Crippen molar-refractivity contribution >= 4 is 34.7 Å². The highest BCUT2D eigenvalue weighted by atomic mass is 32.2. The molecule has 0 aliphatic rings. The van der Waals surface area contributed by atoms with Crippen LogP contribution in [-0.4, -0.2) is 34.9 Å². The summed E-state index contributed by atoms with van der Waals surface area (Å²) >= 11 is 2.87. The van der Waals surface area contributed by atoms with Crippen molar-refractivity contribution in [1.82, 2.24) is 15.5 Å². The highest BCUT2D eigenvalue weighted by molar-refractivity contribution is 7.99. The van der Waals surface area contributed by atoms with Gasteiger partial charge in [0.1, 0.15) is 0 Å². The van der Waals surface area contributed by atoms with E-state index in [0.29, 0.717) is 11.1 Å². The molecule has 176 valence electrons. The van der Waals surface area contributed by atoms with E-state index in [1.807, 2.05) is 29.6 Å². The van der Waals surface area contributed by atoms with Crippen LogP contribution in [0.4, 0.5) is 5.69 Å². The molecule has 0 radical (unpaired) electrons. The van der Waals surface area contributed by atoms with Gasteiger partial charge < -0.3 is 14.6 Å². The van der Waals surface area contributed by atoms with E-state index in [9.17, 15) is 4.79 Å². The lowest BCUT2D eigenvalue weighted by Crippen LogP contribution is -2.30. The molecule has 4 aromatic rings. The van der Waals surface area contributed by atoms with Gasteiger partial charge >= 0.3 is 0 Å². The summed E-state index contributed by atoms with van der Waals surface area (Å²) in [5, 5.41) is 13.8. The largest absolute Gasteiger partial charge is 0.411 e. The first-order valence-electron chi connectivity index (χ1n) is 11.3. The topological polar surface area (TPSA) is 71.3 Å². The van der Waals surface area contributed by atoms with Crippen molar-refractivity contribution in [2.45, 2.75) is 32.0 Å². The molecule has 0 aliphatic heterocycles. The first-order chi connectivity index (χ1) is 16.6. The van der Waals surface area contributed by atoms with E-state index in [4.69, 9.17) is 4.42 Å². The Bertz CT molecular complexity index is 1180. The number of nitrogens with zero attached hydrogens (tertiary/aromatic N) is 3. The van der Waals surface area contributed by atoms with Gasteiger partial charge in [-0.3, -0.25) is 4.79 Å². The summed E-state index contributed by atoms with van der Waals surface area (Å²) in [6, 6.07) is 20.2. The van der Waals surface area contributed by atoms with Gasteiger partial charge in [-0.2, -0.15) is 0 Å². The number of aromatic nitrogens is 2. The third kappa shape index (κ3) is 5.87. The normalized spacial score (nSPS) is 11.9. The maximum Gasteiger partial charge on any atom is 0.277 e. The minimum Gasteiger partial charge on any atom is -0.411 e. The number of amides is 1. The van der Waals surface area contributed by atoms with Crippen molar-refractivity contribution < 1.29 is 9.21 Å². The van der Waals surface area contributed by atoms with Crippen LogP contribution in [0.15, 0.2) is 75.7 Å². The molecule has 34 heavy (non-hydrogen) atoms. The van der Waals surface area contributed by atoms with Crippen molar-refractivity contribution in [3.63, 3.8) is 0 Å². The van der Waals surface area contributed by atoms with Crippen LogP contribution in [0, 0.1) is 6.92 Å². The Labute approximate surface area is 208 Å². The average Bonchev–Trinajstić information content (AvgIpc) is 3.56. The Morgan fingerprint density at radius 1 is 1.06 bits per heavy atom. The van der Waals surface area contributed by atoms with Crippen LogP contribution in [0.5, 0.6) is 0 Å². The van der Waals surface area contributed by atoms with Crippen LogP contribution < -0.4 is 10.2 Å². The van der Waals surface area contributed by atoms with Gasteiger partial charge in [-0.15, -0.1) is 21.5 Å². The third-order valence-corrected chi connectivity index (χ3v) is 7.28. The molecule has 0 fully saturated rings. The fraction of sp³-hybridized carbons (Fsp3) is 0.269. The monoisotopic (exact) mass is 492 g/mol. The van der Waals surface area contributed by atoms with Gasteiger partial charge in [0.05, 0.1) is 11.8 Å². The number of nitrogens with one attached hydrogen (secondary N) is 1. The van der Waals surface area contributed by atoms with Crippen molar-refractivity contribution in [1.29, 1.82) is 0 Å². The molecular formula is C26H28N4O2S2. The van der Waals surface area contributed by atoms with Crippen molar-refractivity contribution in [2.75, 3.05) is 23.7 Å². The molecular weight excluding hydrogens is 464 g/mol. The molecule has 0 spiro atoms. The fourth-order valence-corrected chi connectivity index (χ4v) is 5.03. The first-order valence-corrected chi connectivity index (χ1v) is 13.1. The SMILES string of the molecule is CCN(CC)c1ccc(-c2nnc(SCC(=O)N[C@@H](c3ccc(C)cc3)c3cccs3)o2)cc1. The van der Waals surface area contributed by atoms with Crippen molar-refractivity contribution in [3.8, 4) is 11.5 Å². The van der Waals surface area contributed by atoms with E-state index in [-0.39, 0.29) is 17.7 Å². The minimum absolute atomic E-state index is 0.0905. The van der Waals surface area contributed by atoms with Crippen LogP contribution in [0.1, 0.15) is 35.9 Å². The molecule has 1 N–H and O–H groups in total. The predicted octanol–water partition coefficient (Wildman–Crippen LogP) is 5.95. The van der Waals surface area contributed by atoms with Crippen molar-refractivity contribution in [2.24, 2.45) is 0 Å². The number of anilines is 1. The lowest BCUT2D eigenvalue weighted by Gasteiger charge is -2.20. The quantitative estimate of drug-likeness (QED) is 0.276. The molecule has 0 saturated carbocycles. The molecule has 1 atom stereocenters. The van der Waals surface area contributed by atoms with E-state index in [0.717, 1.165) is 34.8 Å². The number of hydrogen-bond acceptors (Lipinski definition) is 7. The van der Waals surface area contributed by atoms with Gasteiger partial charge in [0.25, 0.3) is 5.22 Å². The summed E-state index contributed by atoms with van der Waals surface area (Å²) in [4.78, 5) is 16.1. The van der Waals surface area contributed by atoms with Gasteiger partial charge in [0, 0.05) is 29.2 Å². The van der Waals surface area contributed by atoms with Gasteiger partial charge in [0.2, 0.25) is 11.8 Å². The zero-order chi connectivity index (χ0) is 23.9. The Morgan fingerprint density at radius 2 is 1.79 bits per heavy atom. The van der Waals surface area contributed by atoms with Crippen LogP contribution in [-0.2, 0) is 4.79 Å². The smallest absolute Gasteiger partial charge is 0.277 e. The number of hydrogen-bond donors (Lipinski definition) is 1. The Morgan fingerprint density at radius 3 is 2.44 bits per heavy atom. The average molecular weight is 493 g/mol. The Hall–Kier alpha value is -3.10. The molecule has 0 bridgehead atoms. The van der Waals surface area contributed by atoms with E-state index in [1.165, 1.54) is 17.3 Å². The summed E-state index contributed by atoms with van der Waals surface area (Å²) < 4.78 is 5.80. The van der Waals surface area contributed by atoms with Crippen LogP contribution in [0.3, 0.4) is 0 Å². The van der Waals surface area contributed by atoms with Gasteiger partial charge in [-0.05, 0) is 62.0 Å². The predicted molar refractivity (Wildman–Crippen MR) is 140 cm³/mol. The number of carbonyl (C=O) groups is 1. The molecule has 0 aliphatic carbocycles. The van der Waals surface area contributed by atoms with E-state index < -0.39 is 0 Å². The summed E-state index contributed by atoms with van der Waals surface area (Å²) in [5.41, 5.74) is 4.26. The zero-order valence-corrected chi connectivity index (χ0v) is 21.2. The maximum absolute atomic E-state index is 12.8. The number of carbonyl (C=O) groups excluding carboxylic acids is 1. The molecule has 2 aromatic heterocycles. The number of rotatable bonds is 10. The first kappa shape index (κ1) is 24.0. The zero-order valence-electron chi connectivity index (χ0n) is 19.5. The number of thiophene rings is 1. The third-order valence-electron chi connectivity index (χ3n) is 5.52. The Balaban J connectivity index is 1.38. The molecule has 0 saturated heterocycles. The molecule has 8 heteroatoms. The highest BCUT2D eigenvalue weighted by Gasteiger charge is 2.19. The summed E-state index contributed by atoms with van der Waals surface area (Å²) in [6.07, 6.45) is 0. The van der Waals surface area contributed by atoms with E-state index in [1.54, 1.807) is 11.3 Å². The van der Waals surface area contributed by atoms with Crippen LogP contribution >= 0.6 is 23.1 Å². The highest BCUT2D eigenvalue weighted by Crippen LogP contribution is 2.28. The Kier molecular flexibility index (Phi) is 8.03. The lowest BCUT2D eigenvalue weighted by atomic mass is 10.0. The second kappa shape index (κ2) is 11.4. The fourth-order valence-electron chi connectivity index (χ4n) is 3.65. The summed E-state index contributed by atoms with van der Waals surface area (Å²) in [5.74, 6) is 0.549. The second-order valence-electron chi connectivity index (χ2n) is 7.81. The van der Waals surface area contributed by atoms with E-state index in [2.05, 4.69) is 77.6 Å². The minimum atomic E-state index is -0.184. The molecule has 6 nitrogen and oxygen atoms in total. The van der Waals surface area contributed by atoms with Gasteiger partial charge in [-0.25, -0.2) is 0 Å². The van der Waals surface area contributed by atoms with E-state index >= 15 is 0 Å². The van der Waals surface area contributed by atoms with Crippen LogP contribution in [0.25, 0.3) is 11.5 Å². The van der Waals surface area contributed by atoms with Crippen LogP contribution in [0.2, 0.25) is 0 Å².